The molecule has 1 aromatic carbocycles. The first kappa shape index (κ1) is 33.2. The summed E-state index contributed by atoms with van der Waals surface area (Å²) in [5, 5.41) is 0. The Labute approximate surface area is 245 Å². The number of hydrogen-bond acceptors (Lipinski definition) is 9. The second kappa shape index (κ2) is 15.2. The fourth-order valence-corrected chi connectivity index (χ4v) is 8.35. The summed E-state index contributed by atoms with van der Waals surface area (Å²) >= 11 is 0. The van der Waals surface area contributed by atoms with Crippen molar-refractivity contribution >= 4 is 20.1 Å². The first-order valence-electron chi connectivity index (χ1n) is 14.5. The predicted molar refractivity (Wildman–Crippen MR) is 157 cm³/mol. The molecule has 0 saturated carbocycles. The molecule has 2 aliphatic heterocycles. The zero-order valence-electron chi connectivity index (χ0n) is 25.5. The van der Waals surface area contributed by atoms with Gasteiger partial charge in [0.25, 0.3) is 5.60 Å². The first-order valence-corrected chi connectivity index (χ1v) is 17.0. The molecule has 0 radical (unpaired) electrons. The Morgan fingerprint density at radius 2 is 1.61 bits per heavy atom. The molecule has 1 aromatic rings. The van der Waals surface area contributed by atoms with Gasteiger partial charge in [-0.15, -0.1) is 0 Å². The van der Waals surface area contributed by atoms with Crippen LogP contribution in [0.3, 0.4) is 0 Å². The van der Waals surface area contributed by atoms with Crippen LogP contribution in [-0.2, 0) is 48.9 Å². The lowest BCUT2D eigenvalue weighted by Crippen LogP contribution is -2.58. The number of esters is 1. The second-order valence-corrected chi connectivity index (χ2v) is 15.2. The van der Waals surface area contributed by atoms with Gasteiger partial charge in [0.2, 0.25) is 5.78 Å². The van der Waals surface area contributed by atoms with Gasteiger partial charge in [-0.2, -0.15) is 0 Å². The molecule has 10 heteroatoms. The number of cyclic esters (lactones) is 1. The summed E-state index contributed by atoms with van der Waals surface area (Å²) in [7, 11) is 0.697. The number of hydrogen-bond donors (Lipinski definition) is 0. The molecule has 228 valence electrons. The quantitative estimate of drug-likeness (QED) is 0.0807. The number of carbonyl (C=O) groups excluding carboxylic acids is 2. The molecule has 0 bridgehead atoms. The van der Waals surface area contributed by atoms with E-state index >= 15 is 0 Å². The van der Waals surface area contributed by atoms with E-state index in [0.29, 0.717) is 6.42 Å². The van der Waals surface area contributed by atoms with Gasteiger partial charge >= 0.3 is 5.97 Å². The maximum atomic E-state index is 14.2. The van der Waals surface area contributed by atoms with E-state index < -0.39 is 50.1 Å². The van der Waals surface area contributed by atoms with Gasteiger partial charge in [0, 0.05) is 26.2 Å². The van der Waals surface area contributed by atoms with Crippen molar-refractivity contribution < 1.29 is 42.4 Å². The third-order valence-electron chi connectivity index (χ3n) is 8.07. The van der Waals surface area contributed by atoms with Gasteiger partial charge in [-0.05, 0) is 37.0 Å². The molecule has 0 amide bonds. The Morgan fingerprint density at radius 1 is 0.976 bits per heavy atom. The van der Waals surface area contributed by atoms with Crippen molar-refractivity contribution in [3.05, 3.63) is 59.4 Å². The third-order valence-corrected chi connectivity index (χ3v) is 12.7. The minimum absolute atomic E-state index is 0.0124. The molecule has 0 aliphatic carbocycles. The summed E-state index contributed by atoms with van der Waals surface area (Å²) in [6, 6.07) is 12.2. The minimum atomic E-state index is -2.33. The lowest BCUT2D eigenvalue weighted by Gasteiger charge is -2.37. The molecule has 5 atom stereocenters. The zero-order chi connectivity index (χ0) is 30.0. The zero-order valence-corrected chi connectivity index (χ0v) is 26.5. The number of benzene rings is 1. The molecule has 2 aliphatic rings. The number of carbonyl (C=O) groups is 2. The van der Waals surface area contributed by atoms with Crippen LogP contribution in [0, 0.1) is 0 Å². The van der Waals surface area contributed by atoms with Gasteiger partial charge in [0.05, 0.1) is 0 Å². The standard InChI is InChI=1S/C31H46O9Si/c1-8-12-18-24(36-20-34-6)27(37-21-35-7)26-22(5)28(32)31(39-26)29(40-41(9-2,10-3)11-4)25(38-30(31)33)19-23-16-14-13-15-17-23/h12-18,24-25,27,29H,8-11,19-21H2,1-7H3/b18-12-/t24-,25+,27-,29-,31+/m0/s1. The van der Waals surface area contributed by atoms with Crippen molar-refractivity contribution in [2.24, 2.45) is 0 Å². The largest absolute Gasteiger partial charge is 0.465 e. The maximum absolute atomic E-state index is 14.2. The van der Waals surface area contributed by atoms with Crippen LogP contribution in [-0.4, -0.2) is 77.9 Å². The van der Waals surface area contributed by atoms with Crippen molar-refractivity contribution in [3.63, 3.8) is 0 Å². The SMILES string of the molecule is CC/C=C\[C@H](OCOC)[C@H](OCOC)C1=C(C)C(=O)[C@]2(O1)C(=O)O[C@H](Cc1ccccc1)[C@@H]2O[Si](CC)(CC)CC. The summed E-state index contributed by atoms with van der Waals surface area (Å²) in [6.07, 6.45) is 1.74. The van der Waals surface area contributed by atoms with E-state index in [-0.39, 0.29) is 24.9 Å². The van der Waals surface area contributed by atoms with Crippen molar-refractivity contribution in [2.75, 3.05) is 27.8 Å². The van der Waals surface area contributed by atoms with Gasteiger partial charge in [0.15, 0.2) is 8.32 Å². The lowest BCUT2D eigenvalue weighted by molar-refractivity contribution is -0.170. The summed E-state index contributed by atoms with van der Waals surface area (Å²) in [5.74, 6) is -1.00. The molecular formula is C31H46O9Si. The fourth-order valence-electron chi connectivity index (χ4n) is 5.49. The Kier molecular flexibility index (Phi) is 12.3. The highest BCUT2D eigenvalue weighted by molar-refractivity contribution is 6.73. The van der Waals surface area contributed by atoms with E-state index in [4.69, 9.17) is 32.8 Å². The van der Waals surface area contributed by atoms with Crippen molar-refractivity contribution in [2.45, 2.75) is 95.6 Å². The second-order valence-electron chi connectivity index (χ2n) is 10.4. The van der Waals surface area contributed by atoms with Gasteiger partial charge in [-0.25, -0.2) is 4.79 Å². The van der Waals surface area contributed by atoms with E-state index in [1.165, 1.54) is 14.2 Å². The monoisotopic (exact) mass is 590 g/mol. The van der Waals surface area contributed by atoms with Crippen LogP contribution in [0.2, 0.25) is 18.1 Å². The summed E-state index contributed by atoms with van der Waals surface area (Å²) < 4.78 is 41.8. The number of ketones is 1. The van der Waals surface area contributed by atoms with Crippen LogP contribution < -0.4 is 0 Å². The summed E-state index contributed by atoms with van der Waals surface area (Å²) in [4.78, 5) is 28.0. The van der Waals surface area contributed by atoms with Crippen molar-refractivity contribution in [3.8, 4) is 0 Å². The molecule has 0 aromatic heterocycles. The molecule has 3 rings (SSSR count). The average molecular weight is 591 g/mol. The average Bonchev–Trinajstić information content (AvgIpc) is 3.40. The number of rotatable bonds is 17. The third kappa shape index (κ3) is 7.01. The first-order chi connectivity index (χ1) is 19.8. The number of Topliss-reactive ketones (excluding diaryl/α,β-unsaturated/α-hetero) is 1. The molecule has 9 nitrogen and oxygen atoms in total. The van der Waals surface area contributed by atoms with E-state index in [1.807, 2.05) is 49.4 Å². The number of methoxy groups -OCH3 is 2. The highest BCUT2D eigenvalue weighted by atomic mass is 28.4. The van der Waals surface area contributed by atoms with Crippen LogP contribution in [0.4, 0.5) is 0 Å². The minimum Gasteiger partial charge on any atom is -0.465 e. The van der Waals surface area contributed by atoms with Crippen molar-refractivity contribution in [1.82, 2.24) is 0 Å². The van der Waals surface area contributed by atoms with Crippen LogP contribution in [0.25, 0.3) is 0 Å². The van der Waals surface area contributed by atoms with Gasteiger partial charge in [-0.1, -0.05) is 70.2 Å². The Hall–Kier alpha value is -2.34. The summed E-state index contributed by atoms with van der Waals surface area (Å²) in [5.41, 5.74) is -0.724. The number of ether oxygens (including phenoxy) is 6. The Bertz CT molecular complexity index is 1060. The highest BCUT2D eigenvalue weighted by Gasteiger charge is 2.70. The Balaban J connectivity index is 2.08. The molecule has 0 unspecified atom stereocenters. The highest BCUT2D eigenvalue weighted by Crippen LogP contribution is 2.46. The number of allylic oxidation sites excluding steroid dienone is 1. The van der Waals surface area contributed by atoms with E-state index in [0.717, 1.165) is 30.1 Å². The molecule has 0 N–H and O–H groups in total. The van der Waals surface area contributed by atoms with E-state index in [1.54, 1.807) is 6.92 Å². The predicted octanol–water partition coefficient (Wildman–Crippen LogP) is 5.10. The fraction of sp³-hybridized carbons (Fsp3) is 0.613. The Morgan fingerprint density at radius 3 is 2.20 bits per heavy atom. The van der Waals surface area contributed by atoms with E-state index in [2.05, 4.69) is 20.8 Å². The molecule has 1 spiro atoms. The maximum Gasteiger partial charge on any atom is 0.362 e. The normalized spacial score (nSPS) is 24.4. The molecule has 41 heavy (non-hydrogen) atoms. The van der Waals surface area contributed by atoms with Gasteiger partial charge in [-0.3, -0.25) is 4.79 Å². The molecule has 2 heterocycles. The smallest absolute Gasteiger partial charge is 0.362 e. The summed E-state index contributed by atoms with van der Waals surface area (Å²) in [6.45, 7) is 9.86. The van der Waals surface area contributed by atoms with Crippen LogP contribution in [0.5, 0.6) is 0 Å². The molecule has 1 fully saturated rings. The van der Waals surface area contributed by atoms with Gasteiger partial charge in [0.1, 0.15) is 43.8 Å². The van der Waals surface area contributed by atoms with Crippen LogP contribution >= 0.6 is 0 Å². The van der Waals surface area contributed by atoms with Crippen LogP contribution in [0.1, 0.15) is 46.6 Å². The van der Waals surface area contributed by atoms with E-state index in [9.17, 15) is 9.59 Å². The van der Waals surface area contributed by atoms with Crippen LogP contribution in [0.15, 0.2) is 53.8 Å². The molecular weight excluding hydrogens is 544 g/mol. The topological polar surface area (TPSA) is 98.8 Å². The van der Waals surface area contributed by atoms with Gasteiger partial charge < -0.3 is 32.8 Å². The van der Waals surface area contributed by atoms with Crippen molar-refractivity contribution in [1.29, 1.82) is 0 Å². The molecule has 1 saturated heterocycles. The lowest BCUT2D eigenvalue weighted by atomic mass is 9.87.